The molecular formula is C20H27N3O4. The molecule has 7 heteroatoms. The summed E-state index contributed by atoms with van der Waals surface area (Å²) in [5.74, 6) is -0.407. The SMILES string of the molecule is CC(C)c1ccc([C@@]2(C)NC(=O)N(CC(=O)NC[C@H]3CCCO3)C2=O)cc1. The van der Waals surface area contributed by atoms with Crippen molar-refractivity contribution >= 4 is 17.8 Å². The minimum atomic E-state index is -1.17. The van der Waals surface area contributed by atoms with E-state index in [-0.39, 0.29) is 18.6 Å². The lowest BCUT2D eigenvalue weighted by molar-refractivity contribution is -0.134. The predicted octanol–water partition coefficient (Wildman–Crippen LogP) is 1.87. The Hall–Kier alpha value is -2.41. The molecule has 0 radical (unpaired) electrons. The van der Waals surface area contributed by atoms with Crippen LogP contribution in [0, 0.1) is 0 Å². The van der Waals surface area contributed by atoms with E-state index in [4.69, 9.17) is 4.74 Å². The van der Waals surface area contributed by atoms with Gasteiger partial charge in [0, 0.05) is 13.2 Å². The molecule has 146 valence electrons. The van der Waals surface area contributed by atoms with Crippen LogP contribution in [0.4, 0.5) is 4.79 Å². The van der Waals surface area contributed by atoms with E-state index in [1.54, 1.807) is 6.92 Å². The number of carbonyl (C=O) groups excluding carboxylic acids is 3. The van der Waals surface area contributed by atoms with Crippen molar-refractivity contribution < 1.29 is 19.1 Å². The Labute approximate surface area is 159 Å². The molecule has 2 N–H and O–H groups in total. The van der Waals surface area contributed by atoms with Crippen LogP contribution in [0.1, 0.15) is 50.7 Å². The number of rotatable bonds is 6. The Bertz CT molecular complexity index is 725. The largest absolute Gasteiger partial charge is 0.376 e. The van der Waals surface area contributed by atoms with Crippen LogP contribution < -0.4 is 10.6 Å². The molecule has 2 saturated heterocycles. The summed E-state index contributed by atoms with van der Waals surface area (Å²) in [5.41, 5.74) is 0.693. The maximum atomic E-state index is 12.9. The van der Waals surface area contributed by atoms with Crippen LogP contribution in [0.25, 0.3) is 0 Å². The van der Waals surface area contributed by atoms with Gasteiger partial charge < -0.3 is 15.4 Å². The number of imide groups is 1. The van der Waals surface area contributed by atoms with E-state index < -0.39 is 17.5 Å². The van der Waals surface area contributed by atoms with E-state index in [0.29, 0.717) is 24.6 Å². The highest BCUT2D eigenvalue weighted by molar-refractivity contribution is 6.09. The highest BCUT2D eigenvalue weighted by Gasteiger charge is 2.49. The van der Waals surface area contributed by atoms with Gasteiger partial charge in [0.25, 0.3) is 5.91 Å². The first-order chi connectivity index (χ1) is 12.8. The molecule has 4 amide bonds. The first-order valence-corrected chi connectivity index (χ1v) is 9.44. The lowest BCUT2D eigenvalue weighted by Crippen LogP contribution is -2.44. The number of carbonyl (C=O) groups is 3. The summed E-state index contributed by atoms with van der Waals surface area (Å²) in [6.45, 7) is 6.67. The van der Waals surface area contributed by atoms with Crippen molar-refractivity contribution in [2.45, 2.75) is 51.2 Å². The zero-order chi connectivity index (χ0) is 19.6. The Balaban J connectivity index is 1.65. The van der Waals surface area contributed by atoms with Gasteiger partial charge in [0.15, 0.2) is 0 Å². The first kappa shape index (κ1) is 19.4. The van der Waals surface area contributed by atoms with E-state index in [1.165, 1.54) is 0 Å². The fraction of sp³-hybridized carbons (Fsp3) is 0.550. The van der Waals surface area contributed by atoms with Crippen molar-refractivity contribution in [3.05, 3.63) is 35.4 Å². The molecule has 0 bridgehead atoms. The first-order valence-electron chi connectivity index (χ1n) is 9.44. The molecule has 2 atom stereocenters. The molecule has 2 heterocycles. The molecule has 27 heavy (non-hydrogen) atoms. The van der Waals surface area contributed by atoms with Gasteiger partial charge in [0.1, 0.15) is 12.1 Å². The molecule has 7 nitrogen and oxygen atoms in total. The summed E-state index contributed by atoms with van der Waals surface area (Å²) in [4.78, 5) is 38.4. The Morgan fingerprint density at radius 1 is 1.33 bits per heavy atom. The number of amides is 4. The van der Waals surface area contributed by atoms with Crippen molar-refractivity contribution in [3.63, 3.8) is 0 Å². The second-order valence-electron chi connectivity index (χ2n) is 7.66. The van der Waals surface area contributed by atoms with Crippen LogP contribution in [0.2, 0.25) is 0 Å². The minimum Gasteiger partial charge on any atom is -0.376 e. The average molecular weight is 373 g/mol. The molecule has 1 aromatic rings. The maximum absolute atomic E-state index is 12.9. The Morgan fingerprint density at radius 2 is 2.04 bits per heavy atom. The lowest BCUT2D eigenvalue weighted by Gasteiger charge is -2.23. The van der Waals surface area contributed by atoms with Gasteiger partial charge in [0.2, 0.25) is 5.91 Å². The monoisotopic (exact) mass is 373 g/mol. The normalized spacial score (nSPS) is 25.2. The third-order valence-corrected chi connectivity index (χ3v) is 5.28. The number of hydrogen-bond acceptors (Lipinski definition) is 4. The van der Waals surface area contributed by atoms with Crippen molar-refractivity contribution in [2.24, 2.45) is 0 Å². The summed E-state index contributed by atoms with van der Waals surface area (Å²) in [6.07, 6.45) is 1.91. The quantitative estimate of drug-likeness (QED) is 0.745. The second kappa shape index (κ2) is 7.68. The van der Waals surface area contributed by atoms with Crippen molar-refractivity contribution in [1.82, 2.24) is 15.5 Å². The third-order valence-electron chi connectivity index (χ3n) is 5.28. The number of nitrogens with zero attached hydrogens (tertiary/aromatic N) is 1. The summed E-state index contributed by atoms with van der Waals surface area (Å²) in [6, 6.07) is 7.08. The highest BCUT2D eigenvalue weighted by atomic mass is 16.5. The maximum Gasteiger partial charge on any atom is 0.325 e. The molecule has 2 aliphatic heterocycles. The number of benzene rings is 1. The standard InChI is InChI=1S/C20H27N3O4/c1-13(2)14-6-8-15(9-7-14)20(3)18(25)23(19(26)22-20)12-17(24)21-11-16-5-4-10-27-16/h6-9,13,16H,4-5,10-12H2,1-3H3,(H,21,24)(H,22,26)/t16-,20-/m1/s1. The molecule has 0 saturated carbocycles. The predicted molar refractivity (Wildman–Crippen MR) is 100 cm³/mol. The number of hydrogen-bond donors (Lipinski definition) is 2. The minimum absolute atomic E-state index is 0.0155. The molecule has 0 aliphatic carbocycles. The van der Waals surface area contributed by atoms with Gasteiger partial charge in [-0.2, -0.15) is 0 Å². The van der Waals surface area contributed by atoms with E-state index in [0.717, 1.165) is 23.3 Å². The Morgan fingerprint density at radius 3 is 2.63 bits per heavy atom. The van der Waals surface area contributed by atoms with E-state index >= 15 is 0 Å². The molecule has 0 spiro atoms. The number of nitrogens with one attached hydrogen (secondary N) is 2. The van der Waals surface area contributed by atoms with Gasteiger partial charge in [-0.1, -0.05) is 38.1 Å². The molecule has 2 aliphatic rings. The van der Waals surface area contributed by atoms with Gasteiger partial charge in [-0.3, -0.25) is 14.5 Å². The van der Waals surface area contributed by atoms with Gasteiger partial charge >= 0.3 is 6.03 Å². The van der Waals surface area contributed by atoms with Crippen molar-refractivity contribution in [3.8, 4) is 0 Å². The van der Waals surface area contributed by atoms with E-state index in [2.05, 4.69) is 24.5 Å². The van der Waals surface area contributed by atoms with Gasteiger partial charge in [-0.25, -0.2) is 4.79 Å². The van der Waals surface area contributed by atoms with Crippen LogP contribution >= 0.6 is 0 Å². The zero-order valence-electron chi connectivity index (χ0n) is 16.1. The van der Waals surface area contributed by atoms with Crippen LogP contribution in [0.5, 0.6) is 0 Å². The van der Waals surface area contributed by atoms with Gasteiger partial charge in [-0.05, 0) is 36.8 Å². The van der Waals surface area contributed by atoms with Crippen LogP contribution in [-0.4, -0.2) is 48.5 Å². The second-order valence-corrected chi connectivity index (χ2v) is 7.66. The van der Waals surface area contributed by atoms with E-state index in [1.807, 2.05) is 24.3 Å². The van der Waals surface area contributed by atoms with Crippen molar-refractivity contribution in [2.75, 3.05) is 19.7 Å². The summed E-state index contributed by atoms with van der Waals surface area (Å²) >= 11 is 0. The van der Waals surface area contributed by atoms with Crippen LogP contribution in [0.3, 0.4) is 0 Å². The smallest absolute Gasteiger partial charge is 0.325 e. The number of urea groups is 1. The van der Waals surface area contributed by atoms with Crippen molar-refractivity contribution in [1.29, 1.82) is 0 Å². The fourth-order valence-corrected chi connectivity index (χ4v) is 3.47. The summed E-state index contributed by atoms with van der Waals surface area (Å²) < 4.78 is 5.46. The third kappa shape index (κ3) is 3.98. The summed E-state index contributed by atoms with van der Waals surface area (Å²) in [7, 11) is 0. The molecule has 3 rings (SSSR count). The topological polar surface area (TPSA) is 87.7 Å². The molecule has 1 aromatic carbocycles. The van der Waals surface area contributed by atoms with E-state index in [9.17, 15) is 14.4 Å². The average Bonchev–Trinajstić information content (AvgIpc) is 3.23. The van der Waals surface area contributed by atoms with Crippen LogP contribution in [0.15, 0.2) is 24.3 Å². The number of ether oxygens (including phenoxy) is 1. The zero-order valence-corrected chi connectivity index (χ0v) is 16.1. The van der Waals surface area contributed by atoms with Gasteiger partial charge in [-0.15, -0.1) is 0 Å². The Kier molecular flexibility index (Phi) is 5.51. The molecule has 2 fully saturated rings. The highest BCUT2D eigenvalue weighted by Crippen LogP contribution is 2.29. The molecule has 0 aromatic heterocycles. The lowest BCUT2D eigenvalue weighted by atomic mass is 9.90. The molecular weight excluding hydrogens is 346 g/mol. The fourth-order valence-electron chi connectivity index (χ4n) is 3.47. The molecule has 0 unspecified atom stereocenters. The summed E-state index contributed by atoms with van der Waals surface area (Å²) in [5, 5.41) is 5.47. The van der Waals surface area contributed by atoms with Crippen LogP contribution in [-0.2, 0) is 19.9 Å². The van der Waals surface area contributed by atoms with Gasteiger partial charge in [0.05, 0.1) is 6.10 Å².